The number of rotatable bonds is 2. The molecule has 0 aliphatic heterocycles. The normalized spacial score (nSPS) is 10.9. The lowest BCUT2D eigenvalue weighted by Gasteiger charge is -2.05. The van der Waals surface area contributed by atoms with Crippen molar-refractivity contribution < 1.29 is 4.39 Å². The van der Waals surface area contributed by atoms with Gasteiger partial charge in [0.2, 0.25) is 0 Å². The van der Waals surface area contributed by atoms with Gasteiger partial charge in [0.15, 0.2) is 0 Å². The van der Waals surface area contributed by atoms with Crippen molar-refractivity contribution in [2.45, 2.75) is 6.92 Å². The standard InChI is InChI=1S/C15H14FN3S/c1-9-7-8-20-14(9)13-12(15(17)19(2)18-13)10-5-3-4-6-11(10)16/h3-8H,17H2,1-2H3. The molecule has 3 nitrogen and oxygen atoms in total. The average Bonchev–Trinajstić information content (AvgIpc) is 2.96. The molecule has 0 spiro atoms. The molecule has 2 heterocycles. The van der Waals surface area contributed by atoms with Crippen LogP contribution in [0.5, 0.6) is 0 Å². The molecule has 0 radical (unpaired) electrons. The number of thiophene rings is 1. The summed E-state index contributed by atoms with van der Waals surface area (Å²) in [5.41, 5.74) is 9.10. The van der Waals surface area contributed by atoms with Crippen molar-refractivity contribution in [1.29, 1.82) is 0 Å². The maximum Gasteiger partial charge on any atom is 0.131 e. The number of nitrogens with two attached hydrogens (primary N) is 1. The smallest absolute Gasteiger partial charge is 0.131 e. The molecule has 0 saturated heterocycles. The Labute approximate surface area is 120 Å². The van der Waals surface area contributed by atoms with Crippen molar-refractivity contribution in [3.8, 4) is 21.7 Å². The molecule has 2 N–H and O–H groups in total. The summed E-state index contributed by atoms with van der Waals surface area (Å²) < 4.78 is 15.7. The summed E-state index contributed by atoms with van der Waals surface area (Å²) in [7, 11) is 1.77. The first kappa shape index (κ1) is 12.9. The Bertz CT molecular complexity index is 773. The second-order valence-corrected chi connectivity index (χ2v) is 5.56. The van der Waals surface area contributed by atoms with Gasteiger partial charge in [-0.1, -0.05) is 18.2 Å². The predicted octanol–water partition coefficient (Wildman–Crippen LogP) is 3.85. The van der Waals surface area contributed by atoms with Crippen LogP contribution in [-0.4, -0.2) is 9.78 Å². The number of halogens is 1. The molecular formula is C15H14FN3S. The van der Waals surface area contributed by atoms with Crippen LogP contribution in [0.1, 0.15) is 5.56 Å². The number of benzene rings is 1. The Hall–Kier alpha value is -2.14. The highest BCUT2D eigenvalue weighted by Gasteiger charge is 2.21. The molecule has 0 aliphatic carbocycles. The Kier molecular flexibility index (Phi) is 3.06. The molecule has 0 fully saturated rings. The van der Waals surface area contributed by atoms with Gasteiger partial charge in [0.25, 0.3) is 0 Å². The van der Waals surface area contributed by atoms with Crippen LogP contribution in [0, 0.1) is 12.7 Å². The van der Waals surface area contributed by atoms with Gasteiger partial charge in [-0.05, 0) is 30.0 Å². The van der Waals surface area contributed by atoms with Crippen molar-refractivity contribution in [2.75, 3.05) is 5.73 Å². The zero-order valence-electron chi connectivity index (χ0n) is 11.2. The third-order valence-corrected chi connectivity index (χ3v) is 4.34. The van der Waals surface area contributed by atoms with E-state index in [9.17, 15) is 4.39 Å². The summed E-state index contributed by atoms with van der Waals surface area (Å²) in [5.74, 6) is 0.181. The Morgan fingerprint density at radius 1 is 1.25 bits per heavy atom. The second-order valence-electron chi connectivity index (χ2n) is 4.65. The van der Waals surface area contributed by atoms with Crippen LogP contribution in [0.25, 0.3) is 21.7 Å². The van der Waals surface area contributed by atoms with E-state index in [1.165, 1.54) is 6.07 Å². The highest BCUT2D eigenvalue weighted by atomic mass is 32.1. The van der Waals surface area contributed by atoms with Gasteiger partial charge in [0.05, 0.1) is 10.4 Å². The molecule has 5 heteroatoms. The molecule has 2 aromatic heterocycles. The fourth-order valence-corrected chi connectivity index (χ4v) is 3.16. The van der Waals surface area contributed by atoms with Gasteiger partial charge < -0.3 is 5.73 Å². The van der Waals surface area contributed by atoms with E-state index in [4.69, 9.17) is 5.73 Å². The average molecular weight is 287 g/mol. The van der Waals surface area contributed by atoms with E-state index in [-0.39, 0.29) is 5.82 Å². The number of anilines is 1. The number of aromatic nitrogens is 2. The molecule has 0 aliphatic rings. The molecule has 3 rings (SSSR count). The summed E-state index contributed by atoms with van der Waals surface area (Å²) >= 11 is 1.59. The van der Waals surface area contributed by atoms with E-state index in [1.807, 2.05) is 18.4 Å². The lowest BCUT2D eigenvalue weighted by molar-refractivity contribution is 0.631. The zero-order valence-corrected chi connectivity index (χ0v) is 12.0. The number of hydrogen-bond acceptors (Lipinski definition) is 3. The minimum Gasteiger partial charge on any atom is -0.383 e. The molecule has 1 aromatic carbocycles. The topological polar surface area (TPSA) is 43.8 Å². The van der Waals surface area contributed by atoms with Gasteiger partial charge in [0, 0.05) is 12.6 Å². The largest absolute Gasteiger partial charge is 0.383 e. The van der Waals surface area contributed by atoms with Crippen LogP contribution in [0.4, 0.5) is 10.2 Å². The first-order valence-electron chi connectivity index (χ1n) is 6.21. The third-order valence-electron chi connectivity index (χ3n) is 3.31. The van der Waals surface area contributed by atoms with Gasteiger partial charge >= 0.3 is 0 Å². The quantitative estimate of drug-likeness (QED) is 0.778. The number of nitrogens with zero attached hydrogens (tertiary/aromatic N) is 2. The van der Waals surface area contributed by atoms with Gasteiger partial charge in [-0.25, -0.2) is 4.39 Å². The maximum atomic E-state index is 14.1. The van der Waals surface area contributed by atoms with E-state index in [0.717, 1.165) is 16.1 Å². The third kappa shape index (κ3) is 1.91. The molecule has 0 amide bonds. The van der Waals surface area contributed by atoms with E-state index < -0.39 is 0 Å². The second kappa shape index (κ2) is 4.76. The summed E-state index contributed by atoms with van der Waals surface area (Å²) in [6, 6.07) is 8.66. The van der Waals surface area contributed by atoms with Crippen LogP contribution in [0.15, 0.2) is 35.7 Å². The lowest BCUT2D eigenvalue weighted by Crippen LogP contribution is -1.98. The summed E-state index contributed by atoms with van der Waals surface area (Å²) in [6.45, 7) is 2.02. The maximum absolute atomic E-state index is 14.1. The van der Waals surface area contributed by atoms with Crippen molar-refractivity contribution in [3.63, 3.8) is 0 Å². The molecule has 0 unspecified atom stereocenters. The monoisotopic (exact) mass is 287 g/mol. The van der Waals surface area contributed by atoms with Crippen LogP contribution >= 0.6 is 11.3 Å². The van der Waals surface area contributed by atoms with Gasteiger partial charge in [-0.2, -0.15) is 5.10 Å². The molecule has 0 bridgehead atoms. The van der Waals surface area contributed by atoms with Crippen molar-refractivity contribution in [3.05, 3.63) is 47.1 Å². The van der Waals surface area contributed by atoms with Gasteiger partial charge in [0.1, 0.15) is 17.3 Å². The Morgan fingerprint density at radius 3 is 2.65 bits per heavy atom. The van der Waals surface area contributed by atoms with Crippen LogP contribution in [0.2, 0.25) is 0 Å². The first-order valence-corrected chi connectivity index (χ1v) is 7.09. The fraction of sp³-hybridized carbons (Fsp3) is 0.133. The van der Waals surface area contributed by atoms with Crippen LogP contribution in [-0.2, 0) is 7.05 Å². The van der Waals surface area contributed by atoms with E-state index in [2.05, 4.69) is 5.10 Å². The fourth-order valence-electron chi connectivity index (χ4n) is 2.24. The number of aryl methyl sites for hydroxylation is 2. The van der Waals surface area contributed by atoms with Crippen molar-refractivity contribution >= 4 is 17.2 Å². The summed E-state index contributed by atoms with van der Waals surface area (Å²) in [6.07, 6.45) is 0. The lowest BCUT2D eigenvalue weighted by atomic mass is 10.0. The SMILES string of the molecule is Cc1ccsc1-c1nn(C)c(N)c1-c1ccccc1F. The van der Waals surface area contributed by atoms with Gasteiger partial charge in [-0.3, -0.25) is 4.68 Å². The molecule has 0 saturated carbocycles. The number of hydrogen-bond donors (Lipinski definition) is 1. The molecule has 3 aromatic rings. The molecule has 0 atom stereocenters. The van der Waals surface area contributed by atoms with E-state index in [0.29, 0.717) is 16.9 Å². The summed E-state index contributed by atoms with van der Waals surface area (Å²) in [5, 5.41) is 6.47. The Balaban J connectivity index is 2.31. The van der Waals surface area contributed by atoms with E-state index >= 15 is 0 Å². The number of nitrogen functional groups attached to an aromatic ring is 1. The van der Waals surface area contributed by atoms with Crippen molar-refractivity contribution in [2.24, 2.45) is 7.05 Å². The molecule has 20 heavy (non-hydrogen) atoms. The van der Waals surface area contributed by atoms with E-state index in [1.54, 1.807) is 41.3 Å². The van der Waals surface area contributed by atoms with Crippen molar-refractivity contribution in [1.82, 2.24) is 9.78 Å². The van der Waals surface area contributed by atoms with Crippen LogP contribution < -0.4 is 5.73 Å². The van der Waals surface area contributed by atoms with Gasteiger partial charge in [-0.15, -0.1) is 11.3 Å². The minimum absolute atomic E-state index is 0.289. The summed E-state index contributed by atoms with van der Waals surface area (Å²) in [4.78, 5) is 1.02. The molecular weight excluding hydrogens is 273 g/mol. The highest BCUT2D eigenvalue weighted by molar-refractivity contribution is 7.13. The first-order chi connectivity index (χ1) is 9.59. The minimum atomic E-state index is -0.289. The zero-order chi connectivity index (χ0) is 14.3. The van der Waals surface area contributed by atoms with Crippen LogP contribution in [0.3, 0.4) is 0 Å². The molecule has 102 valence electrons. The highest BCUT2D eigenvalue weighted by Crippen LogP contribution is 2.40. The Morgan fingerprint density at radius 2 is 2.00 bits per heavy atom. The predicted molar refractivity (Wildman–Crippen MR) is 81.1 cm³/mol.